The first-order valence-corrected chi connectivity index (χ1v) is 14.8. The molecule has 0 radical (unpaired) electrons. The second-order valence-electron chi connectivity index (χ2n) is 9.01. The van der Waals surface area contributed by atoms with E-state index in [-0.39, 0.29) is 12.3 Å². The summed E-state index contributed by atoms with van der Waals surface area (Å²) in [7, 11) is 0. The summed E-state index contributed by atoms with van der Waals surface area (Å²) in [6.45, 7) is 3.81. The Balaban J connectivity index is 2.95. The normalized spacial score (nSPS) is 14.4. The van der Waals surface area contributed by atoms with Crippen LogP contribution in [0.2, 0.25) is 0 Å². The van der Waals surface area contributed by atoms with Gasteiger partial charge in [-0.05, 0) is 54.8 Å². The molecule has 6 N–H and O–H groups in total. The molecule has 0 bridgehead atoms. The topological polar surface area (TPSA) is 151 Å². The van der Waals surface area contributed by atoms with Crippen LogP contribution in [-0.4, -0.2) is 77.0 Å². The minimum Gasteiger partial charge on any atom is -0.480 e. The Bertz CT molecular complexity index is 841. The van der Waals surface area contributed by atoms with Gasteiger partial charge >= 0.3 is 5.97 Å². The largest absolute Gasteiger partial charge is 0.480 e. The van der Waals surface area contributed by atoms with Crippen molar-refractivity contribution < 1.29 is 24.3 Å². The van der Waals surface area contributed by atoms with Crippen LogP contribution in [0.15, 0.2) is 30.3 Å². The average Bonchev–Trinajstić information content (AvgIpc) is 2.84. The lowest BCUT2D eigenvalue weighted by Crippen LogP contribution is -2.57. The summed E-state index contributed by atoms with van der Waals surface area (Å²) in [5, 5.41) is 17.7. The third kappa shape index (κ3) is 12.1. The number of hydrogen-bond acceptors (Lipinski definition) is 7. The highest BCUT2D eigenvalue weighted by atomic mass is 32.2. The first-order chi connectivity index (χ1) is 17.1. The number of carboxylic acids is 1. The molecular formula is C25H40N4O5S2. The standard InChI is InChI=1S/C25H40N4O5S2/c1-16(2)14-20(24(32)29-21(25(33)34)15-17-8-6-5-7-9-17)28-23(31)19(11-13-36-4)27-22(30)18(26)10-12-35-3/h5-9,16,18-21H,10-15,26H2,1-4H3,(H,27,30)(H,28,31)(H,29,32)(H,33,34). The molecule has 0 saturated heterocycles. The number of benzene rings is 1. The van der Waals surface area contributed by atoms with Crippen molar-refractivity contribution in [3.05, 3.63) is 35.9 Å². The van der Waals surface area contributed by atoms with Gasteiger partial charge in [0.2, 0.25) is 17.7 Å². The third-order valence-corrected chi connectivity index (χ3v) is 6.74. The maximum absolute atomic E-state index is 13.2. The van der Waals surface area contributed by atoms with E-state index in [2.05, 4.69) is 16.0 Å². The Morgan fingerprint density at radius 1 is 0.833 bits per heavy atom. The van der Waals surface area contributed by atoms with Crippen LogP contribution in [0.3, 0.4) is 0 Å². The molecule has 202 valence electrons. The third-order valence-electron chi connectivity index (χ3n) is 5.45. The van der Waals surface area contributed by atoms with Gasteiger partial charge in [-0.1, -0.05) is 44.2 Å². The summed E-state index contributed by atoms with van der Waals surface area (Å²) in [6, 6.07) is 5.33. The maximum atomic E-state index is 13.2. The zero-order valence-corrected chi connectivity index (χ0v) is 23.1. The predicted molar refractivity (Wildman–Crippen MR) is 147 cm³/mol. The summed E-state index contributed by atoms with van der Waals surface area (Å²) in [4.78, 5) is 50.6. The van der Waals surface area contributed by atoms with Gasteiger partial charge in [0.05, 0.1) is 6.04 Å². The van der Waals surface area contributed by atoms with Crippen LogP contribution in [0.25, 0.3) is 0 Å². The van der Waals surface area contributed by atoms with Crippen LogP contribution in [0.4, 0.5) is 0 Å². The Hall–Kier alpha value is -2.24. The van der Waals surface area contributed by atoms with E-state index in [4.69, 9.17) is 5.73 Å². The number of carbonyl (C=O) groups excluding carboxylic acids is 3. The molecule has 11 heteroatoms. The van der Waals surface area contributed by atoms with Crippen LogP contribution >= 0.6 is 23.5 Å². The molecule has 0 fully saturated rings. The van der Waals surface area contributed by atoms with Gasteiger partial charge in [-0.25, -0.2) is 4.79 Å². The summed E-state index contributed by atoms with van der Waals surface area (Å²) in [5.41, 5.74) is 6.73. The van der Waals surface area contributed by atoms with Crippen LogP contribution in [-0.2, 0) is 25.6 Å². The van der Waals surface area contributed by atoms with Crippen molar-refractivity contribution in [2.45, 2.75) is 63.7 Å². The average molecular weight is 541 g/mol. The van der Waals surface area contributed by atoms with E-state index in [1.54, 1.807) is 36.0 Å². The first kappa shape index (κ1) is 31.8. The SMILES string of the molecule is CSCCC(N)C(=O)NC(CCSC)C(=O)NC(CC(C)C)C(=O)NC(Cc1ccccc1)C(=O)O. The summed E-state index contributed by atoms with van der Waals surface area (Å²) in [6.07, 6.45) is 5.11. The van der Waals surface area contributed by atoms with E-state index in [0.29, 0.717) is 25.0 Å². The molecule has 0 heterocycles. The molecular weight excluding hydrogens is 500 g/mol. The Morgan fingerprint density at radius 3 is 1.92 bits per heavy atom. The lowest BCUT2D eigenvalue weighted by molar-refractivity contribution is -0.142. The van der Waals surface area contributed by atoms with Gasteiger partial charge in [0.1, 0.15) is 18.1 Å². The fourth-order valence-electron chi connectivity index (χ4n) is 3.46. The van der Waals surface area contributed by atoms with Crippen molar-refractivity contribution >= 4 is 47.2 Å². The van der Waals surface area contributed by atoms with Gasteiger partial charge in [0.25, 0.3) is 0 Å². The van der Waals surface area contributed by atoms with Gasteiger partial charge < -0.3 is 26.8 Å². The second-order valence-corrected chi connectivity index (χ2v) is 11.0. The van der Waals surface area contributed by atoms with E-state index in [9.17, 15) is 24.3 Å². The molecule has 0 saturated carbocycles. The van der Waals surface area contributed by atoms with Crippen molar-refractivity contribution in [1.29, 1.82) is 0 Å². The molecule has 0 aliphatic heterocycles. The predicted octanol–water partition coefficient (Wildman–Crippen LogP) is 1.65. The second kappa shape index (κ2) is 17.3. The number of nitrogens with two attached hydrogens (primary N) is 1. The van der Waals surface area contributed by atoms with Gasteiger partial charge in [-0.15, -0.1) is 0 Å². The smallest absolute Gasteiger partial charge is 0.326 e. The lowest BCUT2D eigenvalue weighted by Gasteiger charge is -2.26. The molecule has 0 spiro atoms. The number of carboxylic acid groups (broad SMARTS) is 1. The van der Waals surface area contributed by atoms with Crippen molar-refractivity contribution in [2.75, 3.05) is 24.0 Å². The maximum Gasteiger partial charge on any atom is 0.326 e. The van der Waals surface area contributed by atoms with Crippen molar-refractivity contribution in [3.63, 3.8) is 0 Å². The molecule has 0 aliphatic carbocycles. The molecule has 3 amide bonds. The highest BCUT2D eigenvalue weighted by Gasteiger charge is 2.30. The Morgan fingerprint density at radius 2 is 1.36 bits per heavy atom. The quantitative estimate of drug-likeness (QED) is 0.200. The molecule has 4 atom stereocenters. The van der Waals surface area contributed by atoms with Crippen LogP contribution in [0.1, 0.15) is 38.7 Å². The van der Waals surface area contributed by atoms with Crippen molar-refractivity contribution in [3.8, 4) is 0 Å². The van der Waals surface area contributed by atoms with E-state index in [1.807, 2.05) is 32.4 Å². The van der Waals surface area contributed by atoms with Gasteiger partial charge in [-0.2, -0.15) is 23.5 Å². The van der Waals surface area contributed by atoms with E-state index >= 15 is 0 Å². The number of nitrogens with one attached hydrogen (secondary N) is 3. The monoisotopic (exact) mass is 540 g/mol. The molecule has 1 aromatic carbocycles. The van der Waals surface area contributed by atoms with E-state index in [0.717, 1.165) is 11.3 Å². The molecule has 4 unspecified atom stereocenters. The first-order valence-electron chi connectivity index (χ1n) is 12.0. The van der Waals surface area contributed by atoms with E-state index < -0.39 is 47.9 Å². The molecule has 36 heavy (non-hydrogen) atoms. The summed E-state index contributed by atoms with van der Waals surface area (Å²) in [5.74, 6) is -1.25. The zero-order chi connectivity index (χ0) is 27.1. The summed E-state index contributed by atoms with van der Waals surface area (Å²) >= 11 is 3.12. The molecule has 0 aromatic heterocycles. The molecule has 0 aliphatic rings. The van der Waals surface area contributed by atoms with Gasteiger partial charge in [-0.3, -0.25) is 14.4 Å². The van der Waals surface area contributed by atoms with Crippen LogP contribution < -0.4 is 21.7 Å². The number of rotatable bonds is 17. The number of thioether (sulfide) groups is 2. The van der Waals surface area contributed by atoms with Crippen molar-refractivity contribution in [1.82, 2.24) is 16.0 Å². The zero-order valence-electron chi connectivity index (χ0n) is 21.5. The number of hydrogen-bond donors (Lipinski definition) is 5. The molecule has 1 rings (SSSR count). The van der Waals surface area contributed by atoms with Gasteiger partial charge in [0.15, 0.2) is 0 Å². The minimum absolute atomic E-state index is 0.0534. The number of carbonyl (C=O) groups is 4. The molecule has 9 nitrogen and oxygen atoms in total. The lowest BCUT2D eigenvalue weighted by atomic mass is 10.0. The highest BCUT2D eigenvalue weighted by molar-refractivity contribution is 7.98. The van der Waals surface area contributed by atoms with Crippen LogP contribution in [0.5, 0.6) is 0 Å². The number of amides is 3. The molecule has 1 aromatic rings. The fraction of sp³-hybridized carbons (Fsp3) is 0.600. The fourth-order valence-corrected chi connectivity index (χ4v) is 4.42. The van der Waals surface area contributed by atoms with Gasteiger partial charge in [0, 0.05) is 6.42 Å². The summed E-state index contributed by atoms with van der Waals surface area (Å²) < 4.78 is 0. The van der Waals surface area contributed by atoms with Crippen LogP contribution in [0, 0.1) is 5.92 Å². The Kier molecular flexibility index (Phi) is 15.2. The number of aliphatic carboxylic acids is 1. The van der Waals surface area contributed by atoms with E-state index in [1.165, 1.54) is 11.8 Å². The Labute approximate surface area is 222 Å². The van der Waals surface area contributed by atoms with Crippen molar-refractivity contribution in [2.24, 2.45) is 11.7 Å². The minimum atomic E-state index is -1.16. The highest BCUT2D eigenvalue weighted by Crippen LogP contribution is 2.10.